The fourth-order valence-electron chi connectivity index (χ4n) is 2.14. The first-order valence-corrected chi connectivity index (χ1v) is 9.13. The van der Waals surface area contributed by atoms with E-state index in [1.54, 1.807) is 12.5 Å². The lowest BCUT2D eigenvalue weighted by atomic mass is 10.0. The zero-order valence-corrected chi connectivity index (χ0v) is 14.1. The largest absolute Gasteiger partial charge is 0.337 e. The van der Waals surface area contributed by atoms with E-state index in [0.29, 0.717) is 12.3 Å². The van der Waals surface area contributed by atoms with Gasteiger partial charge in [0.2, 0.25) is 0 Å². The number of hydrogen-bond acceptors (Lipinski definition) is 3. The number of nitrogens with zero attached hydrogens (tertiary/aromatic N) is 1. The third-order valence-corrected chi connectivity index (χ3v) is 4.21. The second-order valence-electron chi connectivity index (χ2n) is 5.26. The van der Waals surface area contributed by atoms with Crippen molar-refractivity contribution in [3.8, 4) is 11.1 Å². The molecule has 0 saturated heterocycles. The Labute approximate surface area is 139 Å². The standard InChI is InChI=1S/C17H21N3O2S/c1-13(20-17(21)19-10-11-23(2)22)14-5-7-15(8-6-14)16-4-3-9-18-12-16/h3-9,12-13H,10-11H2,1-2H3,(H2,19,20,21)/t13-,23-/m0/s1. The number of carbonyl (C=O) groups excluding carboxylic acids is 1. The lowest BCUT2D eigenvalue weighted by molar-refractivity contribution is 0.238. The van der Waals surface area contributed by atoms with Crippen LogP contribution in [0.1, 0.15) is 18.5 Å². The predicted molar refractivity (Wildman–Crippen MR) is 93.6 cm³/mol. The topological polar surface area (TPSA) is 71.1 Å². The Hall–Kier alpha value is -2.21. The first-order chi connectivity index (χ1) is 11.1. The Morgan fingerprint density at radius 2 is 1.96 bits per heavy atom. The molecule has 0 aliphatic carbocycles. The van der Waals surface area contributed by atoms with Crippen LogP contribution >= 0.6 is 0 Å². The number of amides is 2. The Morgan fingerprint density at radius 3 is 2.57 bits per heavy atom. The van der Waals surface area contributed by atoms with Crippen molar-refractivity contribution in [2.24, 2.45) is 0 Å². The van der Waals surface area contributed by atoms with Crippen LogP contribution in [-0.4, -0.2) is 33.8 Å². The number of carbonyl (C=O) groups is 1. The third-order valence-electron chi connectivity index (χ3n) is 3.43. The number of pyridine rings is 1. The van der Waals surface area contributed by atoms with E-state index in [4.69, 9.17) is 0 Å². The molecular formula is C17H21N3O2S. The van der Waals surface area contributed by atoms with Gasteiger partial charge in [-0.15, -0.1) is 0 Å². The van der Waals surface area contributed by atoms with Gasteiger partial charge >= 0.3 is 6.03 Å². The van der Waals surface area contributed by atoms with Crippen molar-refractivity contribution in [3.63, 3.8) is 0 Å². The summed E-state index contributed by atoms with van der Waals surface area (Å²) < 4.78 is 11.0. The number of aromatic nitrogens is 1. The van der Waals surface area contributed by atoms with Crippen molar-refractivity contribution in [1.82, 2.24) is 15.6 Å². The number of benzene rings is 1. The predicted octanol–water partition coefficient (Wildman–Crippen LogP) is 2.49. The zero-order chi connectivity index (χ0) is 16.7. The van der Waals surface area contributed by atoms with E-state index in [-0.39, 0.29) is 12.1 Å². The molecule has 5 nitrogen and oxygen atoms in total. The average molecular weight is 331 g/mol. The molecule has 0 aliphatic rings. The monoisotopic (exact) mass is 331 g/mol. The molecule has 0 saturated carbocycles. The molecule has 2 amide bonds. The van der Waals surface area contributed by atoms with Crippen molar-refractivity contribution in [2.75, 3.05) is 18.6 Å². The van der Waals surface area contributed by atoms with Gasteiger partial charge in [-0.2, -0.15) is 0 Å². The molecule has 2 aromatic rings. The van der Waals surface area contributed by atoms with Crippen LogP contribution in [-0.2, 0) is 10.8 Å². The maximum atomic E-state index is 11.8. The number of rotatable bonds is 6. The smallest absolute Gasteiger partial charge is 0.315 e. The van der Waals surface area contributed by atoms with Crippen LogP contribution < -0.4 is 10.6 Å². The molecule has 2 N–H and O–H groups in total. The fourth-order valence-corrected chi connectivity index (χ4v) is 2.53. The molecule has 23 heavy (non-hydrogen) atoms. The molecule has 122 valence electrons. The van der Waals surface area contributed by atoms with Crippen LogP contribution in [0.25, 0.3) is 11.1 Å². The van der Waals surface area contributed by atoms with Gasteiger partial charge in [0, 0.05) is 41.7 Å². The highest BCUT2D eigenvalue weighted by atomic mass is 32.2. The van der Waals surface area contributed by atoms with Gasteiger partial charge in [0.05, 0.1) is 6.04 Å². The van der Waals surface area contributed by atoms with Crippen LogP contribution in [0, 0.1) is 0 Å². The molecule has 6 heteroatoms. The van der Waals surface area contributed by atoms with Gasteiger partial charge < -0.3 is 10.6 Å². The summed E-state index contributed by atoms with van der Waals surface area (Å²) in [5.41, 5.74) is 3.17. The fraction of sp³-hybridized carbons (Fsp3) is 0.294. The molecular weight excluding hydrogens is 310 g/mol. The Morgan fingerprint density at radius 1 is 1.22 bits per heavy atom. The van der Waals surface area contributed by atoms with E-state index >= 15 is 0 Å². The first kappa shape index (κ1) is 17.1. The normalized spacial score (nSPS) is 13.1. The van der Waals surface area contributed by atoms with Crippen LogP contribution in [0.5, 0.6) is 0 Å². The first-order valence-electron chi connectivity index (χ1n) is 7.41. The van der Waals surface area contributed by atoms with Crippen molar-refractivity contribution in [2.45, 2.75) is 13.0 Å². The summed E-state index contributed by atoms with van der Waals surface area (Å²) in [6, 6.07) is 11.6. The molecule has 0 radical (unpaired) electrons. The Bertz CT molecular complexity index is 659. The molecule has 2 atom stereocenters. The van der Waals surface area contributed by atoms with Crippen molar-refractivity contribution in [1.29, 1.82) is 0 Å². The number of nitrogens with one attached hydrogen (secondary N) is 2. The highest BCUT2D eigenvalue weighted by Crippen LogP contribution is 2.21. The minimum absolute atomic E-state index is 0.106. The highest BCUT2D eigenvalue weighted by Gasteiger charge is 2.09. The van der Waals surface area contributed by atoms with Gasteiger partial charge in [-0.05, 0) is 29.7 Å². The van der Waals surface area contributed by atoms with Gasteiger partial charge in [0.25, 0.3) is 0 Å². The molecule has 1 heterocycles. The van der Waals surface area contributed by atoms with Crippen LogP contribution in [0.4, 0.5) is 4.79 Å². The van der Waals surface area contributed by atoms with Gasteiger partial charge in [-0.3, -0.25) is 9.19 Å². The maximum absolute atomic E-state index is 11.8. The van der Waals surface area contributed by atoms with E-state index in [0.717, 1.165) is 16.7 Å². The SMILES string of the molecule is C[C@H](NC(=O)NCC[S@](C)=O)c1ccc(-c2cccnc2)cc1. The van der Waals surface area contributed by atoms with Crippen LogP contribution in [0.15, 0.2) is 48.8 Å². The minimum atomic E-state index is -0.899. The van der Waals surface area contributed by atoms with Crippen molar-refractivity contribution >= 4 is 16.8 Å². The summed E-state index contributed by atoms with van der Waals surface area (Å²) in [6.07, 6.45) is 5.18. The quantitative estimate of drug-likeness (QED) is 0.854. The number of hydrogen-bond donors (Lipinski definition) is 2. The zero-order valence-electron chi connectivity index (χ0n) is 13.3. The van der Waals surface area contributed by atoms with Gasteiger partial charge in [0.1, 0.15) is 0 Å². The van der Waals surface area contributed by atoms with E-state index in [9.17, 15) is 9.00 Å². The van der Waals surface area contributed by atoms with Crippen molar-refractivity contribution < 1.29 is 9.00 Å². The molecule has 0 aliphatic heterocycles. The lowest BCUT2D eigenvalue weighted by Gasteiger charge is -2.15. The average Bonchev–Trinajstić information content (AvgIpc) is 2.55. The maximum Gasteiger partial charge on any atom is 0.315 e. The third kappa shape index (κ3) is 5.49. The van der Waals surface area contributed by atoms with Crippen LogP contribution in [0.3, 0.4) is 0 Å². The molecule has 1 aromatic heterocycles. The summed E-state index contributed by atoms with van der Waals surface area (Å²) in [7, 11) is -0.899. The van der Waals surface area contributed by atoms with Crippen LogP contribution in [0.2, 0.25) is 0 Å². The minimum Gasteiger partial charge on any atom is -0.337 e. The van der Waals surface area contributed by atoms with Gasteiger partial charge in [-0.25, -0.2) is 4.79 Å². The summed E-state index contributed by atoms with van der Waals surface area (Å²) in [5, 5.41) is 5.57. The molecule has 1 aromatic carbocycles. The number of urea groups is 1. The van der Waals surface area contributed by atoms with Gasteiger partial charge in [-0.1, -0.05) is 30.3 Å². The van der Waals surface area contributed by atoms with E-state index < -0.39 is 10.8 Å². The Kier molecular flexibility index (Phi) is 6.29. The van der Waals surface area contributed by atoms with Crippen molar-refractivity contribution in [3.05, 3.63) is 54.4 Å². The summed E-state index contributed by atoms with van der Waals surface area (Å²) >= 11 is 0. The summed E-state index contributed by atoms with van der Waals surface area (Å²) in [6.45, 7) is 2.33. The summed E-state index contributed by atoms with van der Waals surface area (Å²) in [4.78, 5) is 15.9. The molecule has 0 unspecified atom stereocenters. The molecule has 0 spiro atoms. The molecule has 2 rings (SSSR count). The van der Waals surface area contributed by atoms with E-state index in [1.807, 2.05) is 49.5 Å². The molecule has 0 bridgehead atoms. The lowest BCUT2D eigenvalue weighted by Crippen LogP contribution is -2.38. The van der Waals surface area contributed by atoms with E-state index in [2.05, 4.69) is 15.6 Å². The second-order valence-corrected chi connectivity index (χ2v) is 6.82. The summed E-state index contributed by atoms with van der Waals surface area (Å²) in [5.74, 6) is 0.460. The Balaban J connectivity index is 1.91. The van der Waals surface area contributed by atoms with Gasteiger partial charge in [0.15, 0.2) is 0 Å². The second kappa shape index (κ2) is 8.43. The van der Waals surface area contributed by atoms with E-state index in [1.165, 1.54) is 0 Å². The highest BCUT2D eigenvalue weighted by molar-refractivity contribution is 7.84. The molecule has 0 fully saturated rings.